The van der Waals surface area contributed by atoms with E-state index in [9.17, 15) is 19.2 Å². The van der Waals surface area contributed by atoms with Crippen molar-refractivity contribution in [3.8, 4) is 0 Å². The molecule has 0 amide bonds. The van der Waals surface area contributed by atoms with Crippen LogP contribution in [0.25, 0.3) is 0 Å². The van der Waals surface area contributed by atoms with E-state index in [1.165, 1.54) is 0 Å². The molecule has 2 aliphatic rings. The van der Waals surface area contributed by atoms with Gasteiger partial charge in [0, 0.05) is 25.7 Å². The van der Waals surface area contributed by atoms with E-state index in [4.69, 9.17) is 0 Å². The Morgan fingerprint density at radius 1 is 0.833 bits per heavy atom. The molecular weight excluding hydrogens is 304 g/mol. The standard InChI is InChI=1S/C13H18O2.C7H10O2/c1-4-6-13(7-5-2)11(14)8-10(3)9-12(13)15;1-5-2-6(8)4-7(9)3-5/h4-5,10H,1-2,6-9H2,3H3;5H,2-4H2,1H3. The number of carbonyl (C=O) groups is 4. The first-order valence-corrected chi connectivity index (χ1v) is 8.57. The Balaban J connectivity index is 0.000000272. The fourth-order valence-electron chi connectivity index (χ4n) is 3.50. The molecule has 0 aromatic rings. The topological polar surface area (TPSA) is 68.3 Å². The first kappa shape index (κ1) is 20.2. The molecule has 24 heavy (non-hydrogen) atoms. The van der Waals surface area contributed by atoms with Gasteiger partial charge in [-0.3, -0.25) is 19.2 Å². The molecule has 0 heterocycles. The summed E-state index contributed by atoms with van der Waals surface area (Å²) in [5.74, 6) is 0.820. The molecule has 2 aliphatic carbocycles. The maximum Gasteiger partial charge on any atom is 0.147 e. The van der Waals surface area contributed by atoms with Crippen molar-refractivity contribution >= 4 is 23.1 Å². The SMILES string of the molecule is C=CCC1(CC=C)C(=O)CC(C)CC1=O.CC1CC(=O)CC(=O)C1. The number of hydrogen-bond acceptors (Lipinski definition) is 4. The van der Waals surface area contributed by atoms with Crippen molar-refractivity contribution in [2.45, 2.75) is 58.8 Å². The van der Waals surface area contributed by atoms with Gasteiger partial charge >= 0.3 is 0 Å². The molecule has 0 saturated heterocycles. The van der Waals surface area contributed by atoms with Crippen LogP contribution >= 0.6 is 0 Å². The minimum atomic E-state index is -0.837. The van der Waals surface area contributed by atoms with Crippen molar-refractivity contribution in [1.29, 1.82) is 0 Å². The molecule has 0 aromatic carbocycles. The molecule has 4 heteroatoms. The highest BCUT2D eigenvalue weighted by molar-refractivity contribution is 6.09. The summed E-state index contributed by atoms with van der Waals surface area (Å²) in [5.41, 5.74) is -0.837. The number of rotatable bonds is 4. The van der Waals surface area contributed by atoms with E-state index < -0.39 is 5.41 Å². The molecule has 0 unspecified atom stereocenters. The highest BCUT2D eigenvalue weighted by Gasteiger charge is 2.46. The Labute approximate surface area is 144 Å². The van der Waals surface area contributed by atoms with E-state index in [2.05, 4.69) is 13.2 Å². The average molecular weight is 332 g/mol. The van der Waals surface area contributed by atoms with Crippen molar-refractivity contribution in [1.82, 2.24) is 0 Å². The van der Waals surface area contributed by atoms with Crippen LogP contribution in [0.15, 0.2) is 25.3 Å². The second-order valence-corrected chi connectivity index (χ2v) is 7.20. The second kappa shape index (κ2) is 8.86. The second-order valence-electron chi connectivity index (χ2n) is 7.20. The molecule has 4 nitrogen and oxygen atoms in total. The van der Waals surface area contributed by atoms with Gasteiger partial charge in [-0.15, -0.1) is 13.2 Å². The summed E-state index contributed by atoms with van der Waals surface area (Å²) in [6.07, 6.45) is 6.63. The molecule has 0 aliphatic heterocycles. The van der Waals surface area contributed by atoms with Crippen LogP contribution in [0, 0.1) is 17.3 Å². The van der Waals surface area contributed by atoms with E-state index >= 15 is 0 Å². The summed E-state index contributed by atoms with van der Waals surface area (Å²) < 4.78 is 0. The molecule has 132 valence electrons. The fraction of sp³-hybridized carbons (Fsp3) is 0.600. The summed E-state index contributed by atoms with van der Waals surface area (Å²) in [5, 5.41) is 0. The number of hydrogen-bond donors (Lipinski definition) is 0. The van der Waals surface area contributed by atoms with E-state index in [1.807, 2.05) is 13.8 Å². The van der Waals surface area contributed by atoms with Crippen LogP contribution in [-0.4, -0.2) is 23.1 Å². The van der Waals surface area contributed by atoms with Crippen LogP contribution in [-0.2, 0) is 19.2 Å². The zero-order valence-electron chi connectivity index (χ0n) is 14.8. The summed E-state index contributed by atoms with van der Waals surface area (Å²) in [4.78, 5) is 45.3. The van der Waals surface area contributed by atoms with Gasteiger partial charge in [0.15, 0.2) is 0 Å². The maximum atomic E-state index is 12.0. The van der Waals surface area contributed by atoms with Crippen LogP contribution < -0.4 is 0 Å². The van der Waals surface area contributed by atoms with Gasteiger partial charge in [0.05, 0.1) is 11.8 Å². The third kappa shape index (κ3) is 5.08. The largest absolute Gasteiger partial charge is 0.299 e. The van der Waals surface area contributed by atoms with Gasteiger partial charge in [0.25, 0.3) is 0 Å². The lowest BCUT2D eigenvalue weighted by atomic mass is 9.65. The van der Waals surface area contributed by atoms with Crippen LogP contribution in [0.4, 0.5) is 0 Å². The van der Waals surface area contributed by atoms with Gasteiger partial charge in [-0.25, -0.2) is 0 Å². The van der Waals surface area contributed by atoms with Gasteiger partial charge in [-0.1, -0.05) is 26.0 Å². The normalized spacial score (nSPS) is 21.9. The van der Waals surface area contributed by atoms with Crippen molar-refractivity contribution in [2.75, 3.05) is 0 Å². The van der Waals surface area contributed by atoms with Gasteiger partial charge in [0.1, 0.15) is 23.1 Å². The summed E-state index contributed by atoms with van der Waals surface area (Å²) in [6, 6.07) is 0. The predicted molar refractivity (Wildman–Crippen MR) is 93.5 cm³/mol. The Morgan fingerprint density at radius 2 is 1.21 bits per heavy atom. The molecule has 2 saturated carbocycles. The van der Waals surface area contributed by atoms with Crippen LogP contribution in [0.5, 0.6) is 0 Å². The first-order valence-electron chi connectivity index (χ1n) is 8.57. The van der Waals surface area contributed by atoms with E-state index in [0.29, 0.717) is 44.4 Å². The van der Waals surface area contributed by atoms with Crippen LogP contribution in [0.1, 0.15) is 58.8 Å². The minimum absolute atomic E-state index is 0.0612. The molecule has 0 bridgehead atoms. The lowest BCUT2D eigenvalue weighted by Crippen LogP contribution is -2.44. The van der Waals surface area contributed by atoms with E-state index in [1.54, 1.807) is 12.2 Å². The lowest BCUT2D eigenvalue weighted by Gasteiger charge is -2.35. The summed E-state index contributed by atoms with van der Waals surface area (Å²) in [7, 11) is 0. The summed E-state index contributed by atoms with van der Waals surface area (Å²) >= 11 is 0. The number of ketones is 4. The number of Topliss-reactive ketones (excluding diaryl/α,β-unsaturated/α-hetero) is 4. The minimum Gasteiger partial charge on any atom is -0.299 e. The Kier molecular flexibility index (Phi) is 7.46. The quantitative estimate of drug-likeness (QED) is 0.582. The van der Waals surface area contributed by atoms with Gasteiger partial charge in [-0.05, 0) is 24.7 Å². The monoisotopic (exact) mass is 332 g/mol. The molecule has 2 fully saturated rings. The van der Waals surface area contributed by atoms with Crippen molar-refractivity contribution in [2.24, 2.45) is 17.3 Å². The molecule has 2 rings (SSSR count). The highest BCUT2D eigenvalue weighted by atomic mass is 16.2. The fourth-order valence-corrected chi connectivity index (χ4v) is 3.50. The Bertz CT molecular complexity index is 498. The zero-order chi connectivity index (χ0) is 18.3. The number of carbonyl (C=O) groups excluding carboxylic acids is 4. The molecular formula is C20H28O4. The van der Waals surface area contributed by atoms with E-state index in [0.717, 1.165) is 0 Å². The van der Waals surface area contributed by atoms with Crippen molar-refractivity contribution in [3.63, 3.8) is 0 Å². The smallest absolute Gasteiger partial charge is 0.147 e. The Hall–Kier alpha value is -1.84. The van der Waals surface area contributed by atoms with E-state index in [-0.39, 0.29) is 35.5 Å². The molecule has 0 N–H and O–H groups in total. The van der Waals surface area contributed by atoms with Gasteiger partial charge in [-0.2, -0.15) is 0 Å². The first-order chi connectivity index (χ1) is 11.2. The van der Waals surface area contributed by atoms with Crippen LogP contribution in [0.2, 0.25) is 0 Å². The summed E-state index contributed by atoms with van der Waals surface area (Å²) in [6.45, 7) is 11.1. The van der Waals surface area contributed by atoms with Crippen LogP contribution in [0.3, 0.4) is 0 Å². The molecule has 0 spiro atoms. The van der Waals surface area contributed by atoms with Gasteiger partial charge in [0.2, 0.25) is 0 Å². The van der Waals surface area contributed by atoms with Crippen molar-refractivity contribution < 1.29 is 19.2 Å². The predicted octanol–water partition coefficient (Wildman–Crippen LogP) is 3.64. The lowest BCUT2D eigenvalue weighted by molar-refractivity contribution is -0.145. The third-order valence-corrected chi connectivity index (χ3v) is 4.67. The molecule has 0 atom stereocenters. The zero-order valence-corrected chi connectivity index (χ0v) is 14.8. The Morgan fingerprint density at radius 3 is 1.54 bits per heavy atom. The number of allylic oxidation sites excluding steroid dienone is 2. The third-order valence-electron chi connectivity index (χ3n) is 4.67. The maximum absolute atomic E-state index is 12.0. The van der Waals surface area contributed by atoms with Gasteiger partial charge < -0.3 is 0 Å². The highest BCUT2D eigenvalue weighted by Crippen LogP contribution is 2.39. The average Bonchev–Trinajstić information content (AvgIpc) is 2.44. The molecule has 0 aromatic heterocycles. The molecule has 0 radical (unpaired) electrons. The van der Waals surface area contributed by atoms with Crippen molar-refractivity contribution in [3.05, 3.63) is 25.3 Å².